The molecule has 1 N–H and O–H groups in total. The maximum absolute atomic E-state index is 12.2. The summed E-state index contributed by atoms with van der Waals surface area (Å²) in [5.74, 6) is -1.07. The average molecular weight is 350 g/mol. The molecule has 0 unspecified atom stereocenters. The lowest BCUT2D eigenvalue weighted by Crippen LogP contribution is -2.23. The highest BCUT2D eigenvalue weighted by Gasteiger charge is 2.20. The van der Waals surface area contributed by atoms with Gasteiger partial charge < -0.3 is 10.1 Å². The fourth-order valence-corrected chi connectivity index (χ4v) is 3.07. The average Bonchev–Trinajstić information content (AvgIpc) is 2.54. The van der Waals surface area contributed by atoms with Crippen molar-refractivity contribution in [2.24, 2.45) is 0 Å². The van der Waals surface area contributed by atoms with Crippen LogP contribution in [0.2, 0.25) is 0 Å². The Morgan fingerprint density at radius 1 is 1.21 bits per heavy atom. The third kappa shape index (κ3) is 4.29. The second kappa shape index (κ2) is 7.09. The van der Waals surface area contributed by atoms with Gasteiger partial charge >= 0.3 is 0 Å². The summed E-state index contributed by atoms with van der Waals surface area (Å²) < 4.78 is 29.3. The Morgan fingerprint density at radius 2 is 1.88 bits per heavy atom. The van der Waals surface area contributed by atoms with Crippen molar-refractivity contribution in [3.05, 3.63) is 58.6 Å². The van der Waals surface area contributed by atoms with E-state index in [1.807, 2.05) is 0 Å². The van der Waals surface area contributed by atoms with Gasteiger partial charge in [-0.25, -0.2) is 8.42 Å². The quantitative estimate of drug-likeness (QED) is 0.629. The maximum Gasteiger partial charge on any atom is 0.271 e. The second-order valence-corrected chi connectivity index (χ2v) is 6.78. The van der Waals surface area contributed by atoms with Crippen molar-refractivity contribution in [2.75, 3.05) is 18.2 Å². The fourth-order valence-electron chi connectivity index (χ4n) is 1.93. The van der Waals surface area contributed by atoms with E-state index in [1.165, 1.54) is 49.6 Å². The number of benzene rings is 2. The zero-order chi connectivity index (χ0) is 17.7. The molecule has 0 saturated heterocycles. The van der Waals surface area contributed by atoms with Crippen LogP contribution >= 0.6 is 0 Å². The van der Waals surface area contributed by atoms with E-state index in [0.717, 1.165) is 6.07 Å². The number of hydrogen-bond donors (Lipinski definition) is 1. The number of nitrogens with one attached hydrogen (secondary N) is 1. The first-order chi connectivity index (χ1) is 11.3. The van der Waals surface area contributed by atoms with Crippen molar-refractivity contribution < 1.29 is 22.9 Å². The molecule has 0 aliphatic carbocycles. The van der Waals surface area contributed by atoms with Gasteiger partial charge in [-0.2, -0.15) is 0 Å². The molecule has 9 heteroatoms. The predicted molar refractivity (Wildman–Crippen MR) is 86.8 cm³/mol. The summed E-state index contributed by atoms with van der Waals surface area (Å²) in [5.41, 5.74) is -0.0510. The molecule has 0 atom stereocenters. The standard InChI is InChI=1S/C15H14N2O6S/c1-23-13-5-7-14(8-6-13)24(21,22)10-15(18)16-11-3-2-4-12(9-11)17(19)20/h2-9H,10H2,1H3,(H,16,18). The van der Waals surface area contributed by atoms with E-state index in [2.05, 4.69) is 5.32 Å². The van der Waals surface area contributed by atoms with Gasteiger partial charge in [0.1, 0.15) is 11.5 Å². The Labute approximate surface area is 138 Å². The highest BCUT2D eigenvalue weighted by atomic mass is 32.2. The number of nitro benzene ring substituents is 1. The van der Waals surface area contributed by atoms with Gasteiger partial charge in [-0.05, 0) is 30.3 Å². The normalized spacial score (nSPS) is 10.9. The van der Waals surface area contributed by atoms with Gasteiger partial charge in [0.15, 0.2) is 9.84 Å². The first-order valence-electron chi connectivity index (χ1n) is 6.73. The molecule has 0 fully saturated rings. The molecule has 0 radical (unpaired) electrons. The molecule has 8 nitrogen and oxygen atoms in total. The number of non-ortho nitro benzene ring substituents is 1. The van der Waals surface area contributed by atoms with Crippen LogP contribution in [0.5, 0.6) is 5.75 Å². The van der Waals surface area contributed by atoms with Crippen LogP contribution in [0.15, 0.2) is 53.4 Å². The van der Waals surface area contributed by atoms with Gasteiger partial charge in [-0.3, -0.25) is 14.9 Å². The predicted octanol–water partition coefficient (Wildman–Crippen LogP) is 2.02. The summed E-state index contributed by atoms with van der Waals surface area (Å²) in [4.78, 5) is 22.0. The second-order valence-electron chi connectivity index (χ2n) is 4.79. The summed E-state index contributed by atoms with van der Waals surface area (Å²) in [5, 5.41) is 13.0. The molecule has 0 saturated carbocycles. The molecule has 0 aliphatic rings. The lowest BCUT2D eigenvalue weighted by Gasteiger charge is -2.07. The first-order valence-corrected chi connectivity index (χ1v) is 8.38. The molecule has 24 heavy (non-hydrogen) atoms. The molecule has 0 aliphatic heterocycles. The van der Waals surface area contributed by atoms with Crippen LogP contribution in [0, 0.1) is 10.1 Å². The zero-order valence-corrected chi connectivity index (χ0v) is 13.4. The van der Waals surface area contributed by atoms with Gasteiger partial charge in [0.2, 0.25) is 5.91 Å². The molecule has 2 aromatic carbocycles. The Bertz CT molecular complexity index is 862. The lowest BCUT2D eigenvalue weighted by atomic mass is 10.3. The number of methoxy groups -OCH3 is 1. The number of nitrogens with zero attached hydrogens (tertiary/aromatic N) is 1. The van der Waals surface area contributed by atoms with Crippen molar-refractivity contribution in [2.45, 2.75) is 4.90 Å². The van der Waals surface area contributed by atoms with Gasteiger partial charge in [-0.1, -0.05) is 6.07 Å². The Kier molecular flexibility index (Phi) is 5.14. The number of nitro groups is 1. The molecule has 0 aromatic heterocycles. The summed E-state index contributed by atoms with van der Waals surface area (Å²) in [6.07, 6.45) is 0. The van der Waals surface area contributed by atoms with Gasteiger partial charge in [0, 0.05) is 17.8 Å². The van der Waals surface area contributed by atoms with Crippen LogP contribution in [-0.4, -0.2) is 32.1 Å². The third-order valence-electron chi connectivity index (χ3n) is 3.08. The molecule has 0 bridgehead atoms. The molecular formula is C15H14N2O6S. The molecule has 2 rings (SSSR count). The first kappa shape index (κ1) is 17.4. The summed E-state index contributed by atoms with van der Waals surface area (Å²) in [6, 6.07) is 10.9. The van der Waals surface area contributed by atoms with E-state index in [4.69, 9.17) is 4.74 Å². The number of carbonyl (C=O) groups is 1. The number of rotatable bonds is 6. The van der Waals surface area contributed by atoms with Crippen LogP contribution < -0.4 is 10.1 Å². The zero-order valence-electron chi connectivity index (χ0n) is 12.6. The van der Waals surface area contributed by atoms with E-state index < -0.39 is 26.4 Å². The minimum absolute atomic E-state index is 0.0162. The van der Waals surface area contributed by atoms with Crippen LogP contribution in [0.25, 0.3) is 0 Å². The van der Waals surface area contributed by atoms with E-state index in [9.17, 15) is 23.3 Å². The molecule has 2 aromatic rings. The topological polar surface area (TPSA) is 116 Å². The smallest absolute Gasteiger partial charge is 0.271 e. The molecule has 1 amide bonds. The van der Waals surface area contributed by atoms with Crippen LogP contribution in [0.3, 0.4) is 0 Å². The molecule has 126 valence electrons. The molecule has 0 spiro atoms. The number of sulfone groups is 1. The Balaban J connectivity index is 2.10. The van der Waals surface area contributed by atoms with Crippen LogP contribution in [-0.2, 0) is 14.6 Å². The van der Waals surface area contributed by atoms with Gasteiger partial charge in [-0.15, -0.1) is 0 Å². The monoisotopic (exact) mass is 350 g/mol. The number of hydrogen-bond acceptors (Lipinski definition) is 6. The van der Waals surface area contributed by atoms with E-state index in [1.54, 1.807) is 0 Å². The summed E-state index contributed by atoms with van der Waals surface area (Å²) >= 11 is 0. The van der Waals surface area contributed by atoms with Crippen molar-refractivity contribution in [3.63, 3.8) is 0 Å². The van der Waals surface area contributed by atoms with Crippen molar-refractivity contribution in [3.8, 4) is 5.75 Å². The van der Waals surface area contributed by atoms with Crippen LogP contribution in [0.1, 0.15) is 0 Å². The SMILES string of the molecule is COc1ccc(S(=O)(=O)CC(=O)Nc2cccc([N+](=O)[O-])c2)cc1. The van der Waals surface area contributed by atoms with Gasteiger partial charge in [0.25, 0.3) is 5.69 Å². The Hall–Kier alpha value is -2.94. The summed E-state index contributed by atoms with van der Waals surface area (Å²) in [6.45, 7) is 0. The van der Waals surface area contributed by atoms with Crippen LogP contribution in [0.4, 0.5) is 11.4 Å². The van der Waals surface area contributed by atoms with Crippen molar-refractivity contribution in [1.82, 2.24) is 0 Å². The highest BCUT2D eigenvalue weighted by molar-refractivity contribution is 7.92. The molecular weight excluding hydrogens is 336 g/mol. The number of amides is 1. The molecule has 0 heterocycles. The minimum atomic E-state index is -3.83. The summed E-state index contributed by atoms with van der Waals surface area (Å²) in [7, 11) is -2.38. The van der Waals surface area contributed by atoms with E-state index in [0.29, 0.717) is 5.75 Å². The third-order valence-corrected chi connectivity index (χ3v) is 4.71. The fraction of sp³-hybridized carbons (Fsp3) is 0.133. The maximum atomic E-state index is 12.2. The number of anilines is 1. The number of ether oxygens (including phenoxy) is 1. The number of carbonyl (C=O) groups excluding carboxylic acids is 1. The van der Waals surface area contributed by atoms with Gasteiger partial charge in [0.05, 0.1) is 16.9 Å². The highest BCUT2D eigenvalue weighted by Crippen LogP contribution is 2.19. The largest absolute Gasteiger partial charge is 0.497 e. The van der Waals surface area contributed by atoms with E-state index >= 15 is 0 Å². The Morgan fingerprint density at radius 3 is 2.46 bits per heavy atom. The lowest BCUT2D eigenvalue weighted by molar-refractivity contribution is -0.384. The van der Waals surface area contributed by atoms with Crippen molar-refractivity contribution >= 4 is 27.1 Å². The van der Waals surface area contributed by atoms with Crippen molar-refractivity contribution in [1.29, 1.82) is 0 Å². The van der Waals surface area contributed by atoms with E-state index in [-0.39, 0.29) is 16.3 Å². The minimum Gasteiger partial charge on any atom is -0.497 e.